The molecule has 2 N–H and O–H groups in total. The van der Waals surface area contributed by atoms with Crippen LogP contribution < -0.4 is 5.32 Å². The topological polar surface area (TPSA) is 69.6 Å². The van der Waals surface area contributed by atoms with Gasteiger partial charge < -0.3 is 15.3 Å². The Morgan fingerprint density at radius 1 is 1.56 bits per heavy atom. The lowest BCUT2D eigenvalue weighted by atomic mass is 10.1. The molecule has 0 radical (unpaired) electrons. The highest BCUT2D eigenvalue weighted by Crippen LogP contribution is 2.24. The maximum atomic E-state index is 11.9. The first-order chi connectivity index (χ1) is 8.49. The van der Waals surface area contributed by atoms with Gasteiger partial charge in [-0.25, -0.2) is 0 Å². The van der Waals surface area contributed by atoms with E-state index >= 15 is 0 Å². The number of likely N-dealkylation sites (N-methyl/N-ethyl adjacent to an activating group) is 1. The molecular weight excluding hydrogens is 300 g/mol. The fourth-order valence-corrected chi connectivity index (χ4v) is 2.10. The fourth-order valence-electron chi connectivity index (χ4n) is 1.85. The molecular formula is C12H13BrN2O3. The monoisotopic (exact) mass is 312 g/mol. The van der Waals surface area contributed by atoms with E-state index in [0.29, 0.717) is 23.0 Å². The molecule has 0 aromatic heterocycles. The van der Waals surface area contributed by atoms with Crippen molar-refractivity contribution in [3.63, 3.8) is 0 Å². The van der Waals surface area contributed by atoms with Crippen LogP contribution in [0.25, 0.3) is 0 Å². The van der Waals surface area contributed by atoms with Crippen LogP contribution in [-0.2, 0) is 4.79 Å². The number of nitrogens with one attached hydrogen (secondary N) is 1. The summed E-state index contributed by atoms with van der Waals surface area (Å²) in [6.45, 7) is 0.648. The molecule has 1 aromatic rings. The first-order valence-corrected chi connectivity index (χ1v) is 6.32. The quantitative estimate of drug-likeness (QED) is 0.859. The Morgan fingerprint density at radius 3 is 2.83 bits per heavy atom. The van der Waals surface area contributed by atoms with E-state index in [1.54, 1.807) is 24.1 Å². The molecule has 1 aliphatic rings. The van der Waals surface area contributed by atoms with Crippen LogP contribution in [0, 0.1) is 0 Å². The van der Waals surface area contributed by atoms with E-state index in [4.69, 9.17) is 0 Å². The summed E-state index contributed by atoms with van der Waals surface area (Å²) in [6.07, 6.45) is 0.615. The van der Waals surface area contributed by atoms with E-state index < -0.39 is 6.04 Å². The molecule has 1 heterocycles. The third-order valence-electron chi connectivity index (χ3n) is 2.94. The molecule has 6 heteroatoms. The van der Waals surface area contributed by atoms with Gasteiger partial charge in [-0.1, -0.05) is 0 Å². The number of carbonyl (C=O) groups is 2. The summed E-state index contributed by atoms with van der Waals surface area (Å²) >= 11 is 3.14. The van der Waals surface area contributed by atoms with E-state index in [9.17, 15) is 14.7 Å². The van der Waals surface area contributed by atoms with E-state index in [2.05, 4.69) is 21.2 Å². The second kappa shape index (κ2) is 4.97. The van der Waals surface area contributed by atoms with Crippen LogP contribution in [0.4, 0.5) is 0 Å². The van der Waals surface area contributed by atoms with Crippen LogP contribution in [0.3, 0.4) is 0 Å². The standard InChI is InChI=1S/C12H13BrN2O3/c1-15-5-4-9(12(15)18)14-11(17)7-2-3-8(13)10(16)6-7/h2-3,6,9,16H,4-5H2,1H3,(H,14,17). The van der Waals surface area contributed by atoms with E-state index in [1.807, 2.05) is 0 Å². The zero-order chi connectivity index (χ0) is 13.3. The number of aromatic hydroxyl groups is 1. The zero-order valence-corrected chi connectivity index (χ0v) is 11.4. The second-order valence-corrected chi connectivity index (χ2v) is 5.10. The number of benzene rings is 1. The van der Waals surface area contributed by atoms with Crippen molar-refractivity contribution >= 4 is 27.7 Å². The van der Waals surface area contributed by atoms with Crippen LogP contribution in [0.2, 0.25) is 0 Å². The number of hydrogen-bond acceptors (Lipinski definition) is 3. The highest BCUT2D eigenvalue weighted by Gasteiger charge is 2.30. The van der Waals surface area contributed by atoms with Crippen molar-refractivity contribution in [2.24, 2.45) is 0 Å². The van der Waals surface area contributed by atoms with Gasteiger partial charge in [0.1, 0.15) is 11.8 Å². The highest BCUT2D eigenvalue weighted by molar-refractivity contribution is 9.10. The zero-order valence-electron chi connectivity index (χ0n) is 9.81. The molecule has 0 bridgehead atoms. The molecule has 1 saturated heterocycles. The summed E-state index contributed by atoms with van der Waals surface area (Å²) in [5, 5.41) is 12.2. The van der Waals surface area contributed by atoms with Crippen molar-refractivity contribution in [3.8, 4) is 5.75 Å². The number of carbonyl (C=O) groups excluding carboxylic acids is 2. The molecule has 0 aliphatic carbocycles. The largest absolute Gasteiger partial charge is 0.507 e. The minimum absolute atomic E-state index is 0.00230. The lowest BCUT2D eigenvalue weighted by molar-refractivity contribution is -0.128. The minimum atomic E-state index is -0.465. The first kappa shape index (κ1) is 12.9. The summed E-state index contributed by atoms with van der Waals surface area (Å²) in [4.78, 5) is 25.1. The number of halogens is 1. The molecule has 1 aromatic carbocycles. The molecule has 1 aliphatic heterocycles. The SMILES string of the molecule is CN1CCC(NC(=O)c2ccc(Br)c(O)c2)C1=O. The number of rotatable bonds is 2. The Hall–Kier alpha value is -1.56. The lowest BCUT2D eigenvalue weighted by Gasteiger charge is -2.12. The van der Waals surface area contributed by atoms with Gasteiger partial charge in [0.15, 0.2) is 0 Å². The Kier molecular flexibility index (Phi) is 3.56. The number of hydrogen-bond donors (Lipinski definition) is 2. The predicted molar refractivity (Wildman–Crippen MR) is 69.3 cm³/mol. The van der Waals surface area contributed by atoms with Crippen LogP contribution in [0.15, 0.2) is 22.7 Å². The Labute approximate surface area is 113 Å². The average Bonchev–Trinajstić information content (AvgIpc) is 2.64. The number of likely N-dealkylation sites (tertiary alicyclic amines) is 1. The molecule has 0 saturated carbocycles. The molecule has 5 nitrogen and oxygen atoms in total. The Bertz CT molecular complexity index is 504. The van der Waals surface area contributed by atoms with Gasteiger partial charge in [0, 0.05) is 19.2 Å². The Morgan fingerprint density at radius 2 is 2.28 bits per heavy atom. The summed E-state index contributed by atoms with van der Waals surface area (Å²) in [7, 11) is 1.71. The van der Waals surface area contributed by atoms with Gasteiger partial charge in [0.05, 0.1) is 4.47 Å². The molecule has 2 amide bonds. The van der Waals surface area contributed by atoms with Crippen molar-refractivity contribution in [1.29, 1.82) is 0 Å². The number of nitrogens with zero attached hydrogens (tertiary/aromatic N) is 1. The van der Waals surface area contributed by atoms with Crippen molar-refractivity contribution < 1.29 is 14.7 Å². The van der Waals surface area contributed by atoms with Crippen LogP contribution in [0.1, 0.15) is 16.8 Å². The van der Waals surface area contributed by atoms with E-state index in [1.165, 1.54) is 6.07 Å². The van der Waals surface area contributed by atoms with Gasteiger partial charge in [-0.15, -0.1) is 0 Å². The van der Waals surface area contributed by atoms with E-state index in [-0.39, 0.29) is 17.6 Å². The van der Waals surface area contributed by atoms with Crippen molar-refractivity contribution in [3.05, 3.63) is 28.2 Å². The lowest BCUT2D eigenvalue weighted by Crippen LogP contribution is -2.40. The molecule has 18 heavy (non-hydrogen) atoms. The van der Waals surface area contributed by atoms with Crippen molar-refractivity contribution in [2.75, 3.05) is 13.6 Å². The summed E-state index contributed by atoms with van der Waals surface area (Å²) in [5.74, 6) is -0.436. The number of phenols is 1. The molecule has 2 rings (SSSR count). The third kappa shape index (κ3) is 2.48. The average molecular weight is 313 g/mol. The maximum absolute atomic E-state index is 11.9. The van der Waals surface area contributed by atoms with Gasteiger partial charge >= 0.3 is 0 Å². The van der Waals surface area contributed by atoms with E-state index in [0.717, 1.165) is 0 Å². The maximum Gasteiger partial charge on any atom is 0.252 e. The number of phenolic OH excluding ortho intramolecular Hbond substituents is 1. The van der Waals surface area contributed by atoms with Crippen LogP contribution in [-0.4, -0.2) is 41.5 Å². The second-order valence-electron chi connectivity index (χ2n) is 4.24. The van der Waals surface area contributed by atoms with Gasteiger partial charge in [-0.05, 0) is 40.5 Å². The summed E-state index contributed by atoms with van der Waals surface area (Å²) < 4.78 is 0.524. The van der Waals surface area contributed by atoms with Gasteiger partial charge in [-0.2, -0.15) is 0 Å². The predicted octanol–water partition coefficient (Wildman–Crippen LogP) is 1.12. The highest BCUT2D eigenvalue weighted by atomic mass is 79.9. The van der Waals surface area contributed by atoms with Crippen molar-refractivity contribution in [2.45, 2.75) is 12.5 Å². The molecule has 1 fully saturated rings. The fraction of sp³-hybridized carbons (Fsp3) is 0.333. The van der Waals surface area contributed by atoms with Crippen molar-refractivity contribution in [1.82, 2.24) is 10.2 Å². The Balaban J connectivity index is 2.08. The number of amides is 2. The molecule has 0 spiro atoms. The summed E-state index contributed by atoms with van der Waals surface area (Å²) in [6, 6.07) is 4.07. The van der Waals surface area contributed by atoms with Crippen LogP contribution >= 0.6 is 15.9 Å². The van der Waals surface area contributed by atoms with Gasteiger partial charge in [0.2, 0.25) is 5.91 Å². The normalized spacial score (nSPS) is 19.1. The molecule has 96 valence electrons. The molecule has 1 atom stereocenters. The van der Waals surface area contributed by atoms with Crippen LogP contribution in [0.5, 0.6) is 5.75 Å². The smallest absolute Gasteiger partial charge is 0.252 e. The third-order valence-corrected chi connectivity index (χ3v) is 3.61. The van der Waals surface area contributed by atoms with Gasteiger partial charge in [-0.3, -0.25) is 9.59 Å². The van der Waals surface area contributed by atoms with Gasteiger partial charge in [0.25, 0.3) is 5.91 Å². The first-order valence-electron chi connectivity index (χ1n) is 5.53. The minimum Gasteiger partial charge on any atom is -0.507 e. The molecule has 1 unspecified atom stereocenters. The summed E-state index contributed by atoms with van der Waals surface area (Å²) in [5.41, 5.74) is 0.332.